The Morgan fingerprint density at radius 3 is 2.42 bits per heavy atom. The highest BCUT2D eigenvalue weighted by atomic mass is 16.6. The standard InChI is InChI=1S/C12H15N3O4/c1-2-3-8-13-12(17)14-11(16)9-4-6-10(7-5-9)15(18)19/h4-7H,2-3,8H2,1H3,(H2,13,14,16,17). The number of unbranched alkanes of at least 4 members (excludes halogenated alkanes) is 1. The van der Waals surface area contributed by atoms with Gasteiger partial charge in [-0.3, -0.25) is 20.2 Å². The van der Waals surface area contributed by atoms with E-state index in [0.29, 0.717) is 6.54 Å². The molecule has 0 aromatic heterocycles. The lowest BCUT2D eigenvalue weighted by Gasteiger charge is -2.05. The predicted molar refractivity (Wildman–Crippen MR) is 68.9 cm³/mol. The van der Waals surface area contributed by atoms with Gasteiger partial charge in [0.1, 0.15) is 0 Å². The maximum atomic E-state index is 11.6. The minimum Gasteiger partial charge on any atom is -0.338 e. The largest absolute Gasteiger partial charge is 0.338 e. The smallest absolute Gasteiger partial charge is 0.321 e. The van der Waals surface area contributed by atoms with E-state index in [1.54, 1.807) is 0 Å². The summed E-state index contributed by atoms with van der Waals surface area (Å²) >= 11 is 0. The number of nitro groups is 1. The van der Waals surface area contributed by atoms with Crippen molar-refractivity contribution in [1.82, 2.24) is 10.6 Å². The minimum atomic E-state index is -0.594. The van der Waals surface area contributed by atoms with Gasteiger partial charge in [-0.25, -0.2) is 4.79 Å². The van der Waals surface area contributed by atoms with E-state index in [9.17, 15) is 19.7 Å². The molecule has 102 valence electrons. The number of urea groups is 1. The van der Waals surface area contributed by atoms with E-state index in [1.807, 2.05) is 6.92 Å². The summed E-state index contributed by atoms with van der Waals surface area (Å²) < 4.78 is 0. The molecule has 19 heavy (non-hydrogen) atoms. The zero-order valence-electron chi connectivity index (χ0n) is 10.5. The number of nitrogens with one attached hydrogen (secondary N) is 2. The van der Waals surface area contributed by atoms with Crippen molar-refractivity contribution in [2.45, 2.75) is 19.8 Å². The van der Waals surface area contributed by atoms with Gasteiger partial charge in [-0.05, 0) is 18.6 Å². The van der Waals surface area contributed by atoms with Crippen LogP contribution in [0, 0.1) is 10.1 Å². The van der Waals surface area contributed by atoms with Gasteiger partial charge in [0, 0.05) is 24.2 Å². The second-order valence-corrected chi connectivity index (χ2v) is 3.87. The summed E-state index contributed by atoms with van der Waals surface area (Å²) in [5, 5.41) is 15.1. The van der Waals surface area contributed by atoms with Crippen LogP contribution in [0.1, 0.15) is 30.1 Å². The van der Waals surface area contributed by atoms with Crippen molar-refractivity contribution in [3.05, 3.63) is 39.9 Å². The van der Waals surface area contributed by atoms with Crippen LogP contribution < -0.4 is 10.6 Å². The second-order valence-electron chi connectivity index (χ2n) is 3.87. The Morgan fingerprint density at radius 2 is 1.89 bits per heavy atom. The van der Waals surface area contributed by atoms with Crippen LogP contribution in [-0.2, 0) is 0 Å². The summed E-state index contributed by atoms with van der Waals surface area (Å²) in [5.74, 6) is -0.594. The minimum absolute atomic E-state index is 0.107. The molecule has 1 rings (SSSR count). The first kappa shape index (κ1) is 14.6. The Morgan fingerprint density at radius 1 is 1.26 bits per heavy atom. The van der Waals surface area contributed by atoms with Gasteiger partial charge < -0.3 is 5.32 Å². The van der Waals surface area contributed by atoms with Crippen LogP contribution in [0.15, 0.2) is 24.3 Å². The molecule has 0 aliphatic carbocycles. The number of nitrogens with zero attached hydrogens (tertiary/aromatic N) is 1. The zero-order valence-corrected chi connectivity index (χ0v) is 10.5. The Bertz CT molecular complexity index is 470. The van der Waals surface area contributed by atoms with E-state index in [2.05, 4.69) is 10.6 Å². The summed E-state index contributed by atoms with van der Waals surface area (Å²) in [6.07, 6.45) is 1.77. The Balaban J connectivity index is 2.53. The molecule has 0 spiro atoms. The molecule has 0 aliphatic rings. The number of hydrogen-bond acceptors (Lipinski definition) is 4. The number of carbonyl (C=O) groups is 2. The maximum absolute atomic E-state index is 11.6. The summed E-state index contributed by atoms with van der Waals surface area (Å²) in [5.41, 5.74) is 0.0835. The molecule has 0 radical (unpaired) electrons. The van der Waals surface area contributed by atoms with Crippen molar-refractivity contribution < 1.29 is 14.5 Å². The van der Waals surface area contributed by atoms with Gasteiger partial charge in [0.25, 0.3) is 11.6 Å². The highest BCUT2D eigenvalue weighted by molar-refractivity contribution is 6.04. The van der Waals surface area contributed by atoms with Gasteiger partial charge in [-0.2, -0.15) is 0 Å². The molecule has 0 aliphatic heterocycles. The molecule has 1 aromatic carbocycles. The molecule has 0 saturated carbocycles. The Kier molecular flexibility index (Phi) is 5.46. The third kappa shape index (κ3) is 4.74. The highest BCUT2D eigenvalue weighted by Crippen LogP contribution is 2.11. The average Bonchev–Trinajstić information content (AvgIpc) is 2.39. The van der Waals surface area contributed by atoms with E-state index in [-0.39, 0.29) is 11.3 Å². The number of amides is 3. The topological polar surface area (TPSA) is 101 Å². The molecule has 7 nitrogen and oxygen atoms in total. The molecule has 1 aromatic rings. The third-order valence-electron chi connectivity index (χ3n) is 2.38. The molecule has 2 N–H and O–H groups in total. The fourth-order valence-electron chi connectivity index (χ4n) is 1.33. The normalized spacial score (nSPS) is 9.74. The number of carbonyl (C=O) groups excluding carboxylic acids is 2. The molecular weight excluding hydrogens is 250 g/mol. The van der Waals surface area contributed by atoms with Gasteiger partial charge in [0.05, 0.1) is 4.92 Å². The number of hydrogen-bond donors (Lipinski definition) is 2. The molecule has 0 saturated heterocycles. The molecule has 0 heterocycles. The van der Waals surface area contributed by atoms with Crippen LogP contribution in [0.25, 0.3) is 0 Å². The van der Waals surface area contributed by atoms with E-state index in [4.69, 9.17) is 0 Å². The summed E-state index contributed by atoms with van der Waals surface area (Å²) in [6, 6.07) is 4.45. The summed E-state index contributed by atoms with van der Waals surface area (Å²) in [7, 11) is 0. The Labute approximate surface area is 110 Å². The fraction of sp³-hybridized carbons (Fsp3) is 0.333. The molecule has 0 atom stereocenters. The van der Waals surface area contributed by atoms with Gasteiger partial charge in [0.15, 0.2) is 0 Å². The number of rotatable bonds is 5. The predicted octanol–water partition coefficient (Wildman–Crippen LogP) is 1.83. The fourth-order valence-corrected chi connectivity index (χ4v) is 1.33. The molecule has 3 amide bonds. The van der Waals surface area contributed by atoms with Crippen molar-refractivity contribution in [3.63, 3.8) is 0 Å². The molecular formula is C12H15N3O4. The lowest BCUT2D eigenvalue weighted by atomic mass is 10.2. The second kappa shape index (κ2) is 7.10. The summed E-state index contributed by atoms with van der Waals surface area (Å²) in [6.45, 7) is 2.48. The van der Waals surface area contributed by atoms with Crippen LogP contribution >= 0.6 is 0 Å². The van der Waals surface area contributed by atoms with E-state index < -0.39 is 16.9 Å². The van der Waals surface area contributed by atoms with Crippen LogP contribution in [0.5, 0.6) is 0 Å². The van der Waals surface area contributed by atoms with Gasteiger partial charge in [-0.1, -0.05) is 13.3 Å². The zero-order chi connectivity index (χ0) is 14.3. The summed E-state index contributed by atoms with van der Waals surface area (Å²) in [4.78, 5) is 32.8. The van der Waals surface area contributed by atoms with Crippen LogP contribution in [0.3, 0.4) is 0 Å². The van der Waals surface area contributed by atoms with Crippen LogP contribution in [0.2, 0.25) is 0 Å². The van der Waals surface area contributed by atoms with E-state index in [0.717, 1.165) is 12.8 Å². The lowest BCUT2D eigenvalue weighted by Crippen LogP contribution is -2.39. The van der Waals surface area contributed by atoms with E-state index >= 15 is 0 Å². The molecule has 7 heteroatoms. The highest BCUT2D eigenvalue weighted by Gasteiger charge is 2.11. The van der Waals surface area contributed by atoms with Gasteiger partial charge in [-0.15, -0.1) is 0 Å². The van der Waals surface area contributed by atoms with Crippen molar-refractivity contribution in [2.24, 2.45) is 0 Å². The van der Waals surface area contributed by atoms with Crippen molar-refractivity contribution in [2.75, 3.05) is 6.54 Å². The SMILES string of the molecule is CCCCNC(=O)NC(=O)c1ccc([N+](=O)[O-])cc1. The number of imide groups is 1. The number of non-ortho nitro benzene ring substituents is 1. The van der Waals surface area contributed by atoms with Gasteiger partial charge >= 0.3 is 6.03 Å². The lowest BCUT2D eigenvalue weighted by molar-refractivity contribution is -0.384. The van der Waals surface area contributed by atoms with Gasteiger partial charge in [0.2, 0.25) is 0 Å². The first-order chi connectivity index (χ1) is 9.04. The molecule has 0 unspecified atom stereocenters. The van der Waals surface area contributed by atoms with Crippen LogP contribution in [-0.4, -0.2) is 23.4 Å². The van der Waals surface area contributed by atoms with Crippen molar-refractivity contribution in [3.8, 4) is 0 Å². The Hall–Kier alpha value is -2.44. The molecule has 0 fully saturated rings. The van der Waals surface area contributed by atoms with Crippen LogP contribution in [0.4, 0.5) is 10.5 Å². The quantitative estimate of drug-likeness (QED) is 0.481. The van der Waals surface area contributed by atoms with Crippen molar-refractivity contribution >= 4 is 17.6 Å². The average molecular weight is 265 g/mol. The number of nitro benzene ring substituents is 1. The van der Waals surface area contributed by atoms with E-state index in [1.165, 1.54) is 24.3 Å². The maximum Gasteiger partial charge on any atom is 0.321 e. The first-order valence-electron chi connectivity index (χ1n) is 5.88. The molecule has 0 bridgehead atoms. The monoisotopic (exact) mass is 265 g/mol. The third-order valence-corrected chi connectivity index (χ3v) is 2.38. The van der Waals surface area contributed by atoms with Crippen molar-refractivity contribution in [1.29, 1.82) is 0 Å². The first-order valence-corrected chi connectivity index (χ1v) is 5.88. The number of benzene rings is 1.